The topological polar surface area (TPSA) is 66.0 Å². The largest absolute Gasteiger partial charge is 0.489 e. The van der Waals surface area contributed by atoms with Crippen LogP contribution in [0.2, 0.25) is 0 Å². The number of aryl methyl sites for hydroxylation is 1. The zero-order valence-corrected chi connectivity index (χ0v) is 13.5. The molecule has 1 aliphatic rings. The molecule has 0 bridgehead atoms. The molecule has 24 heavy (non-hydrogen) atoms. The molecular formula is C17H20F2N4O. The number of aromatic nitrogens is 3. The average Bonchev–Trinajstić information content (AvgIpc) is 3.21. The van der Waals surface area contributed by atoms with Crippen LogP contribution in [0.3, 0.4) is 0 Å². The average molecular weight is 334 g/mol. The van der Waals surface area contributed by atoms with Crippen molar-refractivity contribution in [3.05, 3.63) is 42.0 Å². The van der Waals surface area contributed by atoms with Crippen LogP contribution in [0.15, 0.2) is 36.2 Å². The van der Waals surface area contributed by atoms with Gasteiger partial charge in [-0.1, -0.05) is 0 Å². The summed E-state index contributed by atoms with van der Waals surface area (Å²) in [6, 6.07) is 7.18. The summed E-state index contributed by atoms with van der Waals surface area (Å²) in [4.78, 5) is 4.38. The predicted molar refractivity (Wildman–Crippen MR) is 86.9 cm³/mol. The van der Waals surface area contributed by atoms with Gasteiger partial charge in [-0.2, -0.15) is 5.10 Å². The first-order valence-electron chi connectivity index (χ1n) is 7.95. The van der Waals surface area contributed by atoms with Gasteiger partial charge in [0.2, 0.25) is 0 Å². The predicted octanol–water partition coefficient (Wildman–Crippen LogP) is 3.11. The number of alkyl halides is 1. The van der Waals surface area contributed by atoms with Gasteiger partial charge in [-0.15, -0.1) is 0 Å². The lowest BCUT2D eigenvalue weighted by atomic mass is 10.2. The van der Waals surface area contributed by atoms with Crippen molar-refractivity contribution in [3.63, 3.8) is 0 Å². The Hall–Kier alpha value is -2.28. The summed E-state index contributed by atoms with van der Waals surface area (Å²) < 4.78 is 33.8. The molecule has 2 N–H and O–H groups in total. The first-order chi connectivity index (χ1) is 11.6. The maximum Gasteiger partial charge on any atom is 0.188 e. The van der Waals surface area contributed by atoms with Crippen LogP contribution in [0, 0.1) is 0 Å². The number of benzene rings is 1. The minimum absolute atomic E-state index is 0.103. The van der Waals surface area contributed by atoms with E-state index in [0.717, 1.165) is 5.56 Å². The van der Waals surface area contributed by atoms with E-state index >= 15 is 0 Å². The quantitative estimate of drug-likeness (QED) is 0.845. The molecule has 1 saturated carbocycles. The SMILES string of the molecule is CCn1nc(C2(F)CC2)nc1-c1ccc(OC/C(=C\F)CN)cc1. The van der Waals surface area contributed by atoms with Gasteiger partial charge in [-0.25, -0.2) is 18.4 Å². The molecule has 128 valence electrons. The summed E-state index contributed by atoms with van der Waals surface area (Å²) in [7, 11) is 0. The van der Waals surface area contributed by atoms with E-state index in [2.05, 4.69) is 10.1 Å². The van der Waals surface area contributed by atoms with Gasteiger partial charge in [0, 0.05) is 24.2 Å². The van der Waals surface area contributed by atoms with Crippen LogP contribution in [0.1, 0.15) is 25.6 Å². The van der Waals surface area contributed by atoms with Crippen LogP contribution >= 0.6 is 0 Å². The number of hydrogen-bond donors (Lipinski definition) is 1. The van der Waals surface area contributed by atoms with E-state index in [1.54, 1.807) is 16.8 Å². The van der Waals surface area contributed by atoms with Crippen molar-refractivity contribution >= 4 is 0 Å². The monoisotopic (exact) mass is 334 g/mol. The third-order valence-corrected chi connectivity index (χ3v) is 4.01. The second-order valence-electron chi connectivity index (χ2n) is 5.82. The molecule has 0 aliphatic heterocycles. The molecule has 0 unspecified atom stereocenters. The molecule has 1 aromatic carbocycles. The number of halogens is 2. The van der Waals surface area contributed by atoms with Crippen LogP contribution < -0.4 is 10.5 Å². The number of rotatable bonds is 7. The lowest BCUT2D eigenvalue weighted by Gasteiger charge is -2.08. The third-order valence-electron chi connectivity index (χ3n) is 4.01. The Morgan fingerprint density at radius 2 is 2.08 bits per heavy atom. The van der Waals surface area contributed by atoms with E-state index in [0.29, 0.717) is 42.9 Å². The Bertz CT molecular complexity index is 736. The first kappa shape index (κ1) is 16.6. The first-order valence-corrected chi connectivity index (χ1v) is 7.95. The van der Waals surface area contributed by atoms with Crippen molar-refractivity contribution in [2.24, 2.45) is 5.73 Å². The number of nitrogens with zero attached hydrogens (tertiary/aromatic N) is 3. The Morgan fingerprint density at radius 3 is 2.62 bits per heavy atom. The minimum atomic E-state index is -1.35. The fraction of sp³-hybridized carbons (Fsp3) is 0.412. The smallest absolute Gasteiger partial charge is 0.188 e. The standard InChI is InChI=1S/C17H20F2N4O/c1-2-23-15(21-16(22-23)17(19)7-8-17)13-3-5-14(6-4-13)24-11-12(9-18)10-20/h3-6,9H,2,7-8,10-11,20H2,1H3/b12-9-. The molecule has 1 heterocycles. The summed E-state index contributed by atoms with van der Waals surface area (Å²) in [5.74, 6) is 1.49. The van der Waals surface area contributed by atoms with Gasteiger partial charge in [0.15, 0.2) is 17.3 Å². The molecular weight excluding hydrogens is 314 g/mol. The maximum atomic E-state index is 14.2. The van der Waals surface area contributed by atoms with Crippen molar-refractivity contribution in [3.8, 4) is 17.1 Å². The van der Waals surface area contributed by atoms with Crippen LogP contribution in [0.25, 0.3) is 11.4 Å². The van der Waals surface area contributed by atoms with E-state index in [-0.39, 0.29) is 19.0 Å². The molecule has 2 aromatic rings. The molecule has 1 aromatic heterocycles. The van der Waals surface area contributed by atoms with E-state index in [1.807, 2.05) is 19.1 Å². The molecule has 3 rings (SSSR count). The molecule has 5 nitrogen and oxygen atoms in total. The Labute approximate surface area is 139 Å². The highest BCUT2D eigenvalue weighted by Gasteiger charge is 2.49. The van der Waals surface area contributed by atoms with Gasteiger partial charge >= 0.3 is 0 Å². The molecule has 0 radical (unpaired) electrons. The molecule has 0 saturated heterocycles. The summed E-state index contributed by atoms with van der Waals surface area (Å²) in [5, 5.41) is 4.28. The Kier molecular flexibility index (Phi) is 4.62. The van der Waals surface area contributed by atoms with Crippen molar-refractivity contribution in [1.29, 1.82) is 0 Å². The summed E-state index contributed by atoms with van der Waals surface area (Å²) in [5.41, 5.74) is 5.24. The Balaban J connectivity index is 1.77. The van der Waals surface area contributed by atoms with Gasteiger partial charge in [-0.05, 0) is 44.0 Å². The second-order valence-corrected chi connectivity index (χ2v) is 5.82. The molecule has 0 amide bonds. The molecule has 7 heteroatoms. The number of nitrogens with two attached hydrogens (primary N) is 1. The minimum Gasteiger partial charge on any atom is -0.489 e. The zero-order chi connectivity index (χ0) is 17.2. The van der Waals surface area contributed by atoms with Crippen molar-refractivity contribution in [1.82, 2.24) is 14.8 Å². The maximum absolute atomic E-state index is 14.2. The number of hydrogen-bond acceptors (Lipinski definition) is 4. The van der Waals surface area contributed by atoms with Crippen LogP contribution in [0.5, 0.6) is 5.75 Å². The van der Waals surface area contributed by atoms with Gasteiger partial charge in [0.05, 0.1) is 6.33 Å². The van der Waals surface area contributed by atoms with E-state index < -0.39 is 5.67 Å². The van der Waals surface area contributed by atoms with Crippen molar-refractivity contribution in [2.75, 3.05) is 13.2 Å². The summed E-state index contributed by atoms with van der Waals surface area (Å²) in [6.45, 7) is 2.76. The Morgan fingerprint density at radius 1 is 1.38 bits per heavy atom. The van der Waals surface area contributed by atoms with Crippen LogP contribution in [-0.2, 0) is 12.2 Å². The van der Waals surface area contributed by atoms with Crippen LogP contribution in [0.4, 0.5) is 8.78 Å². The van der Waals surface area contributed by atoms with E-state index in [9.17, 15) is 8.78 Å². The van der Waals surface area contributed by atoms with Gasteiger partial charge in [-0.3, -0.25) is 0 Å². The molecule has 1 aliphatic carbocycles. The third kappa shape index (κ3) is 3.31. The van der Waals surface area contributed by atoms with Crippen molar-refractivity contribution < 1.29 is 13.5 Å². The van der Waals surface area contributed by atoms with Gasteiger partial charge < -0.3 is 10.5 Å². The zero-order valence-electron chi connectivity index (χ0n) is 13.5. The highest BCUT2D eigenvalue weighted by atomic mass is 19.1. The van der Waals surface area contributed by atoms with Gasteiger partial charge in [0.25, 0.3) is 0 Å². The summed E-state index contributed by atoms with van der Waals surface area (Å²) >= 11 is 0. The molecule has 1 fully saturated rings. The van der Waals surface area contributed by atoms with E-state index in [4.69, 9.17) is 10.5 Å². The highest BCUT2D eigenvalue weighted by molar-refractivity contribution is 5.56. The fourth-order valence-electron chi connectivity index (χ4n) is 2.31. The highest BCUT2D eigenvalue weighted by Crippen LogP contribution is 2.48. The summed E-state index contributed by atoms with van der Waals surface area (Å²) in [6.07, 6.45) is 1.43. The fourth-order valence-corrected chi connectivity index (χ4v) is 2.31. The van der Waals surface area contributed by atoms with Crippen molar-refractivity contribution in [2.45, 2.75) is 32.0 Å². The number of ether oxygens (including phenoxy) is 1. The lowest BCUT2D eigenvalue weighted by molar-refractivity contribution is 0.299. The molecule has 0 atom stereocenters. The van der Waals surface area contributed by atoms with Gasteiger partial charge in [0.1, 0.15) is 12.4 Å². The van der Waals surface area contributed by atoms with Crippen LogP contribution in [-0.4, -0.2) is 27.9 Å². The van der Waals surface area contributed by atoms with E-state index in [1.165, 1.54) is 0 Å². The lowest BCUT2D eigenvalue weighted by Crippen LogP contribution is -2.10. The normalized spacial score (nSPS) is 16.2. The molecule has 0 spiro atoms. The second kappa shape index (κ2) is 6.68.